The quantitative estimate of drug-likeness (QED) is 0.829. The molecule has 1 N–H and O–H groups in total. The van der Waals surface area contributed by atoms with E-state index in [0.29, 0.717) is 30.4 Å². The van der Waals surface area contributed by atoms with E-state index >= 15 is 0 Å². The first-order chi connectivity index (χ1) is 12.0. The molecule has 2 aliphatic rings. The SMILES string of the molecule is CN(C)C(=O)CNC(=O)[C@@H]1CC(=O)N(c2ccc3c(c2)OCCO3)C1. The van der Waals surface area contributed by atoms with Gasteiger partial charge in [0.25, 0.3) is 0 Å². The maximum Gasteiger partial charge on any atom is 0.241 e. The van der Waals surface area contributed by atoms with Crippen LogP contribution in [0, 0.1) is 5.92 Å². The molecule has 1 atom stereocenters. The molecule has 0 aliphatic carbocycles. The van der Waals surface area contributed by atoms with Crippen molar-refractivity contribution in [1.29, 1.82) is 0 Å². The van der Waals surface area contributed by atoms with E-state index in [4.69, 9.17) is 9.47 Å². The number of hydrogen-bond donors (Lipinski definition) is 1. The minimum atomic E-state index is -0.476. The third kappa shape index (κ3) is 3.67. The average molecular weight is 347 g/mol. The molecule has 25 heavy (non-hydrogen) atoms. The third-order valence-electron chi connectivity index (χ3n) is 4.25. The molecule has 1 fully saturated rings. The number of nitrogens with zero attached hydrogens (tertiary/aromatic N) is 2. The highest BCUT2D eigenvalue weighted by Gasteiger charge is 2.35. The first-order valence-electron chi connectivity index (χ1n) is 8.13. The van der Waals surface area contributed by atoms with Gasteiger partial charge in [0.1, 0.15) is 13.2 Å². The fraction of sp³-hybridized carbons (Fsp3) is 0.471. The molecule has 1 saturated heterocycles. The average Bonchev–Trinajstić information content (AvgIpc) is 3.00. The number of hydrogen-bond acceptors (Lipinski definition) is 5. The molecule has 2 aliphatic heterocycles. The van der Waals surface area contributed by atoms with Gasteiger partial charge in [-0.3, -0.25) is 14.4 Å². The molecule has 134 valence electrons. The van der Waals surface area contributed by atoms with Crippen LogP contribution in [0.2, 0.25) is 0 Å². The summed E-state index contributed by atoms with van der Waals surface area (Å²) in [7, 11) is 3.24. The zero-order valence-corrected chi connectivity index (χ0v) is 14.3. The molecular weight excluding hydrogens is 326 g/mol. The number of amides is 3. The molecular formula is C17H21N3O5. The Labute approximate surface area is 145 Å². The number of anilines is 1. The van der Waals surface area contributed by atoms with Crippen molar-refractivity contribution in [3.8, 4) is 11.5 Å². The van der Waals surface area contributed by atoms with Gasteiger partial charge < -0.3 is 24.6 Å². The van der Waals surface area contributed by atoms with E-state index in [1.807, 2.05) is 0 Å². The predicted molar refractivity (Wildman–Crippen MR) is 89.6 cm³/mol. The molecule has 0 aromatic heterocycles. The van der Waals surface area contributed by atoms with Crippen molar-refractivity contribution >= 4 is 23.4 Å². The van der Waals surface area contributed by atoms with Crippen LogP contribution in [0.15, 0.2) is 18.2 Å². The second-order valence-corrected chi connectivity index (χ2v) is 6.24. The normalized spacial score (nSPS) is 18.9. The van der Waals surface area contributed by atoms with E-state index < -0.39 is 5.92 Å². The Morgan fingerprint density at radius 2 is 1.96 bits per heavy atom. The highest BCUT2D eigenvalue weighted by molar-refractivity contribution is 6.01. The number of carbonyl (C=O) groups is 3. The van der Waals surface area contributed by atoms with Crippen LogP contribution in [0.25, 0.3) is 0 Å². The van der Waals surface area contributed by atoms with Crippen molar-refractivity contribution in [1.82, 2.24) is 10.2 Å². The van der Waals surface area contributed by atoms with Crippen LogP contribution in [0.1, 0.15) is 6.42 Å². The number of nitrogens with one attached hydrogen (secondary N) is 1. The molecule has 3 rings (SSSR count). The van der Waals surface area contributed by atoms with Crippen LogP contribution in [-0.4, -0.2) is 63.0 Å². The van der Waals surface area contributed by atoms with Crippen LogP contribution in [0.3, 0.4) is 0 Å². The standard InChI is InChI=1S/C17H21N3O5/c1-19(2)16(22)9-18-17(23)11-7-15(21)20(10-11)12-3-4-13-14(8-12)25-6-5-24-13/h3-4,8,11H,5-7,9-10H2,1-2H3,(H,18,23)/t11-/m1/s1. The van der Waals surface area contributed by atoms with Gasteiger partial charge in [-0.05, 0) is 12.1 Å². The summed E-state index contributed by atoms with van der Waals surface area (Å²) in [5.74, 6) is 0.163. The molecule has 3 amide bonds. The zero-order chi connectivity index (χ0) is 18.0. The van der Waals surface area contributed by atoms with E-state index in [0.717, 1.165) is 0 Å². The Kier molecular flexibility index (Phi) is 4.78. The van der Waals surface area contributed by atoms with E-state index in [2.05, 4.69) is 5.32 Å². The minimum absolute atomic E-state index is 0.0689. The van der Waals surface area contributed by atoms with Gasteiger partial charge in [0.15, 0.2) is 11.5 Å². The number of carbonyl (C=O) groups excluding carboxylic acids is 3. The fourth-order valence-corrected chi connectivity index (χ4v) is 2.80. The topological polar surface area (TPSA) is 88.2 Å². The number of rotatable bonds is 4. The van der Waals surface area contributed by atoms with Gasteiger partial charge in [-0.15, -0.1) is 0 Å². The van der Waals surface area contributed by atoms with Crippen LogP contribution >= 0.6 is 0 Å². The molecule has 1 aromatic rings. The minimum Gasteiger partial charge on any atom is -0.486 e. The predicted octanol–water partition coefficient (Wildman–Crippen LogP) is 0.0151. The summed E-state index contributed by atoms with van der Waals surface area (Å²) < 4.78 is 11.0. The number of fused-ring (bicyclic) bond motifs is 1. The summed E-state index contributed by atoms with van der Waals surface area (Å²) >= 11 is 0. The summed E-state index contributed by atoms with van der Waals surface area (Å²) in [6.45, 7) is 1.18. The second-order valence-electron chi connectivity index (χ2n) is 6.24. The molecule has 1 aromatic carbocycles. The summed E-state index contributed by atoms with van der Waals surface area (Å²) in [5.41, 5.74) is 0.675. The van der Waals surface area contributed by atoms with E-state index in [1.54, 1.807) is 37.2 Å². The van der Waals surface area contributed by atoms with Crippen LogP contribution in [0.4, 0.5) is 5.69 Å². The molecule has 8 nitrogen and oxygen atoms in total. The lowest BCUT2D eigenvalue weighted by Crippen LogP contribution is -2.39. The number of ether oxygens (including phenoxy) is 2. The molecule has 0 saturated carbocycles. The molecule has 2 heterocycles. The summed E-state index contributed by atoms with van der Waals surface area (Å²) in [6, 6.07) is 5.30. The Morgan fingerprint density at radius 1 is 1.24 bits per heavy atom. The molecule has 0 radical (unpaired) electrons. The van der Waals surface area contributed by atoms with Crippen LogP contribution in [0.5, 0.6) is 11.5 Å². The van der Waals surface area contributed by atoms with Gasteiger partial charge in [-0.25, -0.2) is 0 Å². The Morgan fingerprint density at radius 3 is 2.68 bits per heavy atom. The largest absolute Gasteiger partial charge is 0.486 e. The molecule has 0 bridgehead atoms. The van der Waals surface area contributed by atoms with Gasteiger partial charge >= 0.3 is 0 Å². The Bertz CT molecular complexity index is 704. The highest BCUT2D eigenvalue weighted by atomic mass is 16.6. The highest BCUT2D eigenvalue weighted by Crippen LogP contribution is 2.35. The van der Waals surface area contributed by atoms with Crippen molar-refractivity contribution in [2.45, 2.75) is 6.42 Å². The summed E-state index contributed by atoms with van der Waals surface area (Å²) in [4.78, 5) is 39.1. The number of likely N-dealkylation sites (N-methyl/N-ethyl adjacent to an activating group) is 1. The van der Waals surface area contributed by atoms with E-state index in [1.165, 1.54) is 4.90 Å². The summed E-state index contributed by atoms with van der Waals surface area (Å²) in [6.07, 6.45) is 0.121. The lowest BCUT2D eigenvalue weighted by Gasteiger charge is -2.22. The van der Waals surface area contributed by atoms with Crippen molar-refractivity contribution < 1.29 is 23.9 Å². The third-order valence-corrected chi connectivity index (χ3v) is 4.25. The molecule has 0 unspecified atom stereocenters. The van der Waals surface area contributed by atoms with E-state index in [-0.39, 0.29) is 37.2 Å². The van der Waals surface area contributed by atoms with Crippen molar-refractivity contribution in [2.75, 3.05) is 45.3 Å². The molecule has 0 spiro atoms. The fourth-order valence-electron chi connectivity index (χ4n) is 2.80. The first-order valence-corrected chi connectivity index (χ1v) is 8.13. The first kappa shape index (κ1) is 17.1. The van der Waals surface area contributed by atoms with Crippen molar-refractivity contribution in [3.05, 3.63) is 18.2 Å². The number of benzene rings is 1. The Hall–Kier alpha value is -2.77. The maximum absolute atomic E-state index is 12.3. The van der Waals surface area contributed by atoms with Crippen molar-refractivity contribution in [3.63, 3.8) is 0 Å². The second kappa shape index (κ2) is 7.00. The smallest absolute Gasteiger partial charge is 0.241 e. The molecule has 8 heteroatoms. The van der Waals surface area contributed by atoms with Crippen LogP contribution in [-0.2, 0) is 14.4 Å². The van der Waals surface area contributed by atoms with Crippen molar-refractivity contribution in [2.24, 2.45) is 5.92 Å². The Balaban J connectivity index is 1.64. The maximum atomic E-state index is 12.3. The van der Waals surface area contributed by atoms with Gasteiger partial charge in [-0.2, -0.15) is 0 Å². The van der Waals surface area contributed by atoms with Gasteiger partial charge in [0.2, 0.25) is 17.7 Å². The van der Waals surface area contributed by atoms with Gasteiger partial charge in [-0.1, -0.05) is 0 Å². The zero-order valence-electron chi connectivity index (χ0n) is 14.3. The van der Waals surface area contributed by atoms with Gasteiger partial charge in [0, 0.05) is 38.8 Å². The lowest BCUT2D eigenvalue weighted by molar-refractivity contribution is -0.132. The van der Waals surface area contributed by atoms with E-state index in [9.17, 15) is 14.4 Å². The lowest BCUT2D eigenvalue weighted by atomic mass is 10.1. The summed E-state index contributed by atoms with van der Waals surface area (Å²) in [5, 5.41) is 2.59. The van der Waals surface area contributed by atoms with Crippen LogP contribution < -0.4 is 19.7 Å². The monoisotopic (exact) mass is 347 g/mol. The van der Waals surface area contributed by atoms with Gasteiger partial charge in [0.05, 0.1) is 12.5 Å².